The van der Waals surface area contributed by atoms with E-state index in [0.29, 0.717) is 24.6 Å². The summed E-state index contributed by atoms with van der Waals surface area (Å²) in [6.07, 6.45) is 5.58. The molecule has 0 aromatic heterocycles. The number of nitrogens with one attached hydrogen (secondary N) is 2. The monoisotopic (exact) mass is 502 g/mol. The van der Waals surface area contributed by atoms with Gasteiger partial charge in [-0.2, -0.15) is 0 Å². The first-order valence-corrected chi connectivity index (χ1v) is 13.2. The van der Waals surface area contributed by atoms with Gasteiger partial charge in [-0.15, -0.1) is 0 Å². The van der Waals surface area contributed by atoms with Crippen molar-refractivity contribution in [3.63, 3.8) is 0 Å². The second kappa shape index (κ2) is 10.4. The summed E-state index contributed by atoms with van der Waals surface area (Å²) in [5.74, 6) is -0.840. The van der Waals surface area contributed by atoms with Gasteiger partial charge >= 0.3 is 6.03 Å². The van der Waals surface area contributed by atoms with Gasteiger partial charge in [-0.05, 0) is 74.4 Å². The Morgan fingerprint density at radius 2 is 1.65 bits per heavy atom. The summed E-state index contributed by atoms with van der Waals surface area (Å²) < 4.78 is 0. The first-order chi connectivity index (χ1) is 17.8. The third-order valence-corrected chi connectivity index (χ3v) is 7.59. The molecule has 0 bridgehead atoms. The quantitative estimate of drug-likeness (QED) is 0.596. The lowest BCUT2D eigenvalue weighted by Crippen LogP contribution is -2.64. The van der Waals surface area contributed by atoms with Gasteiger partial charge in [-0.25, -0.2) is 9.69 Å². The van der Waals surface area contributed by atoms with Crippen molar-refractivity contribution in [1.82, 2.24) is 10.2 Å². The van der Waals surface area contributed by atoms with E-state index < -0.39 is 6.03 Å². The second-order valence-corrected chi connectivity index (χ2v) is 10.6. The molecule has 194 valence electrons. The molecule has 2 aliphatic carbocycles. The normalized spacial score (nSPS) is 21.5. The number of imide groups is 1. The van der Waals surface area contributed by atoms with Crippen molar-refractivity contribution in [3.8, 4) is 0 Å². The van der Waals surface area contributed by atoms with Crippen LogP contribution < -0.4 is 15.5 Å². The minimum atomic E-state index is -0.469. The van der Waals surface area contributed by atoms with Gasteiger partial charge in [-0.3, -0.25) is 14.4 Å². The lowest BCUT2D eigenvalue weighted by atomic mass is 9.81. The Hall–Kier alpha value is -3.68. The van der Waals surface area contributed by atoms with Crippen molar-refractivity contribution in [2.75, 3.05) is 16.8 Å². The van der Waals surface area contributed by atoms with E-state index in [1.807, 2.05) is 32.0 Å². The molecule has 5 rings (SSSR count). The Morgan fingerprint density at radius 3 is 2.38 bits per heavy atom. The SMILES string of the molecule is Cc1ccc(C)c(NC(=O)CN2C(=O)N(c3ccc(CC(=O)NC4CC4)cc3)C(=O)C3CCCCC32)c1. The van der Waals surface area contributed by atoms with Crippen molar-refractivity contribution >= 4 is 35.1 Å². The van der Waals surface area contributed by atoms with E-state index in [4.69, 9.17) is 0 Å². The predicted octanol–water partition coefficient (Wildman–Crippen LogP) is 4.09. The molecule has 0 spiro atoms. The fourth-order valence-electron chi connectivity index (χ4n) is 5.39. The van der Waals surface area contributed by atoms with Crippen LogP contribution in [-0.2, 0) is 20.8 Å². The van der Waals surface area contributed by atoms with E-state index in [1.165, 1.54) is 4.90 Å². The van der Waals surface area contributed by atoms with Crippen molar-refractivity contribution in [2.24, 2.45) is 5.92 Å². The van der Waals surface area contributed by atoms with Crippen LogP contribution in [0.15, 0.2) is 42.5 Å². The molecule has 2 unspecified atom stereocenters. The zero-order chi connectivity index (χ0) is 26.1. The molecule has 2 atom stereocenters. The van der Waals surface area contributed by atoms with Crippen LogP contribution in [0.3, 0.4) is 0 Å². The fourth-order valence-corrected chi connectivity index (χ4v) is 5.39. The van der Waals surface area contributed by atoms with Gasteiger partial charge in [0.1, 0.15) is 6.54 Å². The Morgan fingerprint density at radius 1 is 0.919 bits per heavy atom. The molecule has 1 aliphatic heterocycles. The number of fused-ring (bicyclic) bond motifs is 1. The molecule has 5 amide bonds. The Labute approximate surface area is 217 Å². The molecule has 1 heterocycles. The van der Waals surface area contributed by atoms with Crippen LogP contribution in [0.25, 0.3) is 0 Å². The molecule has 8 nitrogen and oxygen atoms in total. The highest BCUT2D eigenvalue weighted by atomic mass is 16.2. The molecular weight excluding hydrogens is 468 g/mol. The lowest BCUT2D eigenvalue weighted by Gasteiger charge is -2.46. The van der Waals surface area contributed by atoms with Gasteiger partial charge in [0.2, 0.25) is 17.7 Å². The average molecular weight is 503 g/mol. The number of anilines is 2. The number of amides is 5. The summed E-state index contributed by atoms with van der Waals surface area (Å²) in [6, 6.07) is 12.4. The minimum absolute atomic E-state index is 0.0218. The number of nitrogens with zero attached hydrogens (tertiary/aromatic N) is 2. The molecule has 8 heteroatoms. The zero-order valence-corrected chi connectivity index (χ0v) is 21.5. The number of hydrogen-bond donors (Lipinski definition) is 2. The number of carbonyl (C=O) groups is 4. The number of hydrogen-bond acceptors (Lipinski definition) is 4. The van der Waals surface area contributed by atoms with E-state index in [2.05, 4.69) is 10.6 Å². The standard InChI is InChI=1S/C29H34N4O4/c1-18-7-8-19(2)24(15-18)31-27(35)17-32-25-6-4-3-5-23(25)28(36)33(29(32)37)22-13-9-20(10-14-22)16-26(34)30-21-11-12-21/h7-10,13-15,21,23,25H,3-6,11-12,16-17H2,1-2H3,(H,30,34)(H,31,35). The van der Waals surface area contributed by atoms with E-state index in [9.17, 15) is 19.2 Å². The maximum absolute atomic E-state index is 13.7. The first-order valence-electron chi connectivity index (χ1n) is 13.2. The Bertz CT molecular complexity index is 1220. The van der Waals surface area contributed by atoms with Gasteiger partial charge in [0.25, 0.3) is 0 Å². The van der Waals surface area contributed by atoms with Crippen LogP contribution in [0.5, 0.6) is 0 Å². The Kier molecular flexibility index (Phi) is 7.00. The third kappa shape index (κ3) is 5.53. The molecule has 2 N–H and O–H groups in total. The molecule has 2 saturated carbocycles. The molecule has 3 fully saturated rings. The molecule has 0 radical (unpaired) electrons. The van der Waals surface area contributed by atoms with E-state index in [-0.39, 0.29) is 42.6 Å². The molecule has 1 saturated heterocycles. The number of rotatable bonds is 7. The van der Waals surface area contributed by atoms with Gasteiger partial charge in [0, 0.05) is 17.8 Å². The van der Waals surface area contributed by atoms with Crippen LogP contribution in [0.2, 0.25) is 0 Å². The smallest absolute Gasteiger partial charge is 0.332 e. The largest absolute Gasteiger partial charge is 0.353 e. The predicted molar refractivity (Wildman–Crippen MR) is 141 cm³/mol. The third-order valence-electron chi connectivity index (χ3n) is 7.59. The van der Waals surface area contributed by atoms with Crippen LogP contribution in [-0.4, -0.2) is 47.3 Å². The fraction of sp³-hybridized carbons (Fsp3) is 0.448. The van der Waals surface area contributed by atoms with E-state index in [1.54, 1.807) is 29.2 Å². The van der Waals surface area contributed by atoms with Crippen LogP contribution >= 0.6 is 0 Å². The topological polar surface area (TPSA) is 98.8 Å². The summed E-state index contributed by atoms with van der Waals surface area (Å²) in [4.78, 5) is 55.2. The summed E-state index contributed by atoms with van der Waals surface area (Å²) in [5, 5.41) is 5.92. The maximum Gasteiger partial charge on any atom is 0.332 e. The van der Waals surface area contributed by atoms with E-state index >= 15 is 0 Å². The van der Waals surface area contributed by atoms with Crippen LogP contribution in [0, 0.1) is 19.8 Å². The summed E-state index contributed by atoms with van der Waals surface area (Å²) in [5.41, 5.74) is 3.99. The Balaban J connectivity index is 1.34. The molecule has 37 heavy (non-hydrogen) atoms. The summed E-state index contributed by atoms with van der Waals surface area (Å²) in [6.45, 7) is 3.78. The van der Waals surface area contributed by atoms with E-state index in [0.717, 1.165) is 48.1 Å². The first kappa shape index (κ1) is 25.0. The second-order valence-electron chi connectivity index (χ2n) is 10.6. The molecule has 2 aromatic carbocycles. The maximum atomic E-state index is 13.7. The highest BCUT2D eigenvalue weighted by Crippen LogP contribution is 2.36. The van der Waals surface area contributed by atoms with Gasteiger partial charge < -0.3 is 15.5 Å². The van der Waals surface area contributed by atoms with Gasteiger partial charge in [0.05, 0.1) is 18.0 Å². The van der Waals surface area contributed by atoms with Gasteiger partial charge in [0.15, 0.2) is 0 Å². The van der Waals surface area contributed by atoms with Crippen molar-refractivity contribution in [3.05, 3.63) is 59.2 Å². The summed E-state index contributed by atoms with van der Waals surface area (Å²) >= 11 is 0. The van der Waals surface area contributed by atoms with Crippen molar-refractivity contribution < 1.29 is 19.2 Å². The van der Waals surface area contributed by atoms with Gasteiger partial charge in [-0.1, -0.05) is 37.1 Å². The molecular formula is C29H34N4O4. The summed E-state index contributed by atoms with van der Waals surface area (Å²) in [7, 11) is 0. The minimum Gasteiger partial charge on any atom is -0.353 e. The van der Waals surface area contributed by atoms with Crippen LogP contribution in [0.4, 0.5) is 16.2 Å². The van der Waals surface area contributed by atoms with Crippen molar-refractivity contribution in [1.29, 1.82) is 0 Å². The highest BCUT2D eigenvalue weighted by Gasteiger charge is 2.48. The van der Waals surface area contributed by atoms with Crippen LogP contribution in [0.1, 0.15) is 55.2 Å². The number of aryl methyl sites for hydroxylation is 2. The molecule has 2 aromatic rings. The zero-order valence-electron chi connectivity index (χ0n) is 21.5. The number of urea groups is 1. The van der Waals surface area contributed by atoms with Crippen molar-refractivity contribution in [2.45, 2.75) is 70.9 Å². The highest BCUT2D eigenvalue weighted by molar-refractivity contribution is 6.17. The average Bonchev–Trinajstić information content (AvgIpc) is 3.69. The molecule has 3 aliphatic rings. The number of carbonyl (C=O) groups excluding carboxylic acids is 4. The number of benzene rings is 2. The lowest BCUT2D eigenvalue weighted by molar-refractivity contribution is -0.128.